The maximum Gasteiger partial charge on any atom is 0.355 e. The van der Waals surface area contributed by atoms with E-state index in [1.54, 1.807) is 20.8 Å². The van der Waals surface area contributed by atoms with Gasteiger partial charge in [-0.2, -0.15) is 4.98 Å². The third-order valence-electron chi connectivity index (χ3n) is 2.63. The van der Waals surface area contributed by atoms with E-state index in [-0.39, 0.29) is 29.8 Å². The Balaban J connectivity index is 2.57. The Bertz CT molecular complexity index is 617. The molecular formula is C11H15N5O3. The predicted octanol–water partition coefficient (Wildman–Crippen LogP) is 0.192. The van der Waals surface area contributed by atoms with E-state index in [9.17, 15) is 9.59 Å². The van der Waals surface area contributed by atoms with E-state index in [1.807, 2.05) is 0 Å². The second-order valence-corrected chi connectivity index (χ2v) is 4.58. The number of hydrogen-bond acceptors (Lipinski definition) is 7. The number of nitrogens with two attached hydrogens (primary N) is 1. The van der Waals surface area contributed by atoms with Crippen LogP contribution in [0.25, 0.3) is 0 Å². The molecule has 0 amide bonds. The SMILES string of the molecule is CCOC(=O)C1=Nc2c(nc(N)[nH]c2=O)NC1(C)C. The van der Waals surface area contributed by atoms with Crippen molar-refractivity contribution in [2.75, 3.05) is 17.7 Å². The highest BCUT2D eigenvalue weighted by Gasteiger charge is 2.37. The summed E-state index contributed by atoms with van der Waals surface area (Å²) in [6.07, 6.45) is 0. The molecule has 8 heteroatoms. The van der Waals surface area contributed by atoms with Gasteiger partial charge in [-0.05, 0) is 20.8 Å². The molecule has 0 aliphatic carbocycles. The van der Waals surface area contributed by atoms with Gasteiger partial charge in [0, 0.05) is 0 Å². The molecule has 0 bridgehead atoms. The van der Waals surface area contributed by atoms with Gasteiger partial charge in [0.15, 0.2) is 17.2 Å². The van der Waals surface area contributed by atoms with E-state index >= 15 is 0 Å². The Kier molecular flexibility index (Phi) is 3.01. The van der Waals surface area contributed by atoms with Crippen LogP contribution >= 0.6 is 0 Å². The van der Waals surface area contributed by atoms with Gasteiger partial charge >= 0.3 is 5.97 Å². The quantitative estimate of drug-likeness (QED) is 0.656. The molecule has 0 atom stereocenters. The van der Waals surface area contributed by atoms with Crippen molar-refractivity contribution in [3.63, 3.8) is 0 Å². The lowest BCUT2D eigenvalue weighted by Crippen LogP contribution is -2.47. The molecule has 2 rings (SSSR count). The number of anilines is 2. The average molecular weight is 265 g/mol. The molecule has 0 radical (unpaired) electrons. The summed E-state index contributed by atoms with van der Waals surface area (Å²) in [5, 5.41) is 2.96. The number of nitrogens with zero attached hydrogens (tertiary/aromatic N) is 2. The number of nitrogen functional groups attached to an aromatic ring is 1. The van der Waals surface area contributed by atoms with Crippen LogP contribution in [0.1, 0.15) is 20.8 Å². The van der Waals surface area contributed by atoms with Gasteiger partial charge in [0.2, 0.25) is 5.95 Å². The van der Waals surface area contributed by atoms with Gasteiger partial charge in [0.05, 0.1) is 12.1 Å². The minimum Gasteiger partial charge on any atom is -0.461 e. The number of ether oxygens (including phenoxy) is 1. The first-order chi connectivity index (χ1) is 8.85. The van der Waals surface area contributed by atoms with E-state index in [1.165, 1.54) is 0 Å². The van der Waals surface area contributed by atoms with E-state index < -0.39 is 17.1 Å². The second-order valence-electron chi connectivity index (χ2n) is 4.58. The van der Waals surface area contributed by atoms with Crippen molar-refractivity contribution in [3.05, 3.63) is 10.4 Å². The summed E-state index contributed by atoms with van der Waals surface area (Å²) < 4.78 is 4.93. The highest BCUT2D eigenvalue weighted by molar-refractivity contribution is 6.41. The Morgan fingerprint density at radius 3 is 2.79 bits per heavy atom. The van der Waals surface area contributed by atoms with Crippen LogP contribution < -0.4 is 16.6 Å². The standard InChI is InChI=1S/C11H15N5O3/c1-4-19-9(18)6-11(2,3)16-7-5(13-6)8(17)15-10(12)14-7/h4H2,1-3H3,(H4,12,14,15,16,17). The normalized spacial score (nSPS) is 16.1. The molecule has 0 saturated carbocycles. The van der Waals surface area contributed by atoms with Gasteiger partial charge < -0.3 is 15.8 Å². The van der Waals surface area contributed by atoms with Gasteiger partial charge in [0.25, 0.3) is 5.56 Å². The van der Waals surface area contributed by atoms with Crippen molar-refractivity contribution in [3.8, 4) is 0 Å². The third-order valence-corrected chi connectivity index (χ3v) is 2.63. The smallest absolute Gasteiger partial charge is 0.355 e. The molecule has 1 aliphatic rings. The van der Waals surface area contributed by atoms with Crippen molar-refractivity contribution < 1.29 is 9.53 Å². The fourth-order valence-corrected chi connectivity index (χ4v) is 1.78. The summed E-state index contributed by atoms with van der Waals surface area (Å²) in [6, 6.07) is 0. The molecule has 0 unspecified atom stereocenters. The van der Waals surface area contributed by atoms with Crippen LogP contribution in [0.4, 0.5) is 17.5 Å². The van der Waals surface area contributed by atoms with Crippen LogP contribution in [0.2, 0.25) is 0 Å². The summed E-state index contributed by atoms with van der Waals surface area (Å²) in [4.78, 5) is 34.0. The molecule has 4 N–H and O–H groups in total. The molecule has 1 aromatic rings. The average Bonchev–Trinajstić information content (AvgIpc) is 2.26. The molecule has 0 fully saturated rings. The maximum atomic E-state index is 11.9. The first-order valence-electron chi connectivity index (χ1n) is 5.79. The van der Waals surface area contributed by atoms with Gasteiger partial charge in [-0.3, -0.25) is 9.78 Å². The number of carbonyl (C=O) groups excluding carboxylic acids is 1. The van der Waals surface area contributed by atoms with E-state index in [2.05, 4.69) is 20.3 Å². The summed E-state index contributed by atoms with van der Waals surface area (Å²) in [7, 11) is 0. The number of esters is 1. The number of fused-ring (bicyclic) bond motifs is 1. The number of aromatic amines is 1. The predicted molar refractivity (Wildman–Crippen MR) is 70.7 cm³/mol. The van der Waals surface area contributed by atoms with E-state index in [0.717, 1.165) is 0 Å². The largest absolute Gasteiger partial charge is 0.461 e. The number of rotatable bonds is 2. The van der Waals surface area contributed by atoms with Gasteiger partial charge in [-0.25, -0.2) is 9.79 Å². The number of nitrogens with one attached hydrogen (secondary N) is 2. The summed E-state index contributed by atoms with van der Waals surface area (Å²) >= 11 is 0. The van der Waals surface area contributed by atoms with Crippen molar-refractivity contribution in [1.82, 2.24) is 9.97 Å². The number of aromatic nitrogens is 2. The van der Waals surface area contributed by atoms with Crippen molar-refractivity contribution >= 4 is 29.1 Å². The van der Waals surface area contributed by atoms with Crippen LogP contribution in [0, 0.1) is 0 Å². The van der Waals surface area contributed by atoms with Gasteiger partial charge in [-0.1, -0.05) is 0 Å². The molecule has 19 heavy (non-hydrogen) atoms. The number of carbonyl (C=O) groups is 1. The zero-order valence-corrected chi connectivity index (χ0v) is 10.9. The lowest BCUT2D eigenvalue weighted by molar-refractivity contribution is -0.135. The van der Waals surface area contributed by atoms with E-state index in [4.69, 9.17) is 10.5 Å². The Morgan fingerprint density at radius 1 is 1.47 bits per heavy atom. The lowest BCUT2D eigenvalue weighted by atomic mass is 9.96. The summed E-state index contributed by atoms with van der Waals surface area (Å²) in [5.41, 5.74) is 4.31. The molecule has 102 valence electrons. The Labute approximate surface area is 109 Å². The molecule has 1 aromatic heterocycles. The molecule has 8 nitrogen and oxygen atoms in total. The molecule has 0 aromatic carbocycles. The monoisotopic (exact) mass is 265 g/mol. The number of H-pyrrole nitrogens is 1. The van der Waals surface area contributed by atoms with E-state index in [0.29, 0.717) is 0 Å². The number of hydrogen-bond donors (Lipinski definition) is 3. The number of aliphatic imine (C=N–C) groups is 1. The zero-order chi connectivity index (χ0) is 14.2. The van der Waals surface area contributed by atoms with Crippen LogP contribution in [-0.4, -0.2) is 33.8 Å². The summed E-state index contributed by atoms with van der Waals surface area (Å²) in [6.45, 7) is 5.41. The van der Waals surface area contributed by atoms with Crippen LogP contribution in [0.5, 0.6) is 0 Å². The fourth-order valence-electron chi connectivity index (χ4n) is 1.78. The molecular weight excluding hydrogens is 250 g/mol. The summed E-state index contributed by atoms with van der Waals surface area (Å²) in [5.74, 6) is -0.331. The fraction of sp³-hybridized carbons (Fsp3) is 0.455. The highest BCUT2D eigenvalue weighted by atomic mass is 16.5. The molecule has 1 aliphatic heterocycles. The van der Waals surface area contributed by atoms with Crippen LogP contribution in [0.15, 0.2) is 9.79 Å². The second kappa shape index (κ2) is 4.38. The van der Waals surface area contributed by atoms with Crippen LogP contribution in [-0.2, 0) is 9.53 Å². The third kappa shape index (κ3) is 2.28. The Hall–Kier alpha value is -2.38. The first kappa shape index (κ1) is 13.1. The first-order valence-corrected chi connectivity index (χ1v) is 5.79. The minimum absolute atomic E-state index is 0.0122. The zero-order valence-electron chi connectivity index (χ0n) is 10.9. The van der Waals surface area contributed by atoms with Crippen molar-refractivity contribution in [2.24, 2.45) is 4.99 Å². The van der Waals surface area contributed by atoms with Gasteiger partial charge in [-0.15, -0.1) is 0 Å². The van der Waals surface area contributed by atoms with Crippen molar-refractivity contribution in [2.45, 2.75) is 26.3 Å². The molecule has 0 spiro atoms. The topological polar surface area (TPSA) is 122 Å². The van der Waals surface area contributed by atoms with Crippen molar-refractivity contribution in [1.29, 1.82) is 0 Å². The minimum atomic E-state index is -0.799. The van der Waals surface area contributed by atoms with Gasteiger partial charge in [0.1, 0.15) is 0 Å². The molecule has 2 heterocycles. The van der Waals surface area contributed by atoms with Crippen LogP contribution in [0.3, 0.4) is 0 Å². The maximum absolute atomic E-state index is 11.9. The Morgan fingerprint density at radius 2 is 2.16 bits per heavy atom. The lowest BCUT2D eigenvalue weighted by Gasteiger charge is -2.31. The highest BCUT2D eigenvalue weighted by Crippen LogP contribution is 2.29. The molecule has 0 saturated heterocycles.